The predicted octanol–water partition coefficient (Wildman–Crippen LogP) is 1.80. The zero-order chi connectivity index (χ0) is 14.6. The molecule has 1 fully saturated rings. The van der Waals surface area contributed by atoms with E-state index in [0.717, 1.165) is 44.5 Å². The largest absolute Gasteiger partial charge is 0.374 e. The number of nitrogens with zero attached hydrogens (tertiary/aromatic N) is 2. The molecule has 2 unspecified atom stereocenters. The molecule has 2 rings (SSSR count). The second-order valence-electron chi connectivity index (χ2n) is 5.84. The first-order valence-electron chi connectivity index (χ1n) is 7.78. The number of nitrogens with one attached hydrogen (secondary N) is 1. The van der Waals surface area contributed by atoms with E-state index >= 15 is 0 Å². The van der Waals surface area contributed by atoms with Gasteiger partial charge in [0.05, 0.1) is 17.3 Å². The molecule has 1 aromatic heterocycles. The van der Waals surface area contributed by atoms with Gasteiger partial charge in [0.25, 0.3) is 0 Å². The quantitative estimate of drug-likeness (QED) is 0.616. The molecule has 0 amide bonds. The highest BCUT2D eigenvalue weighted by Gasteiger charge is 2.36. The van der Waals surface area contributed by atoms with Crippen LogP contribution in [0.25, 0.3) is 0 Å². The topological polar surface area (TPSA) is 65.1 Å². The van der Waals surface area contributed by atoms with Gasteiger partial charge in [0, 0.05) is 25.3 Å². The second kappa shape index (κ2) is 6.70. The molecule has 114 valence electrons. The molecule has 1 saturated heterocycles. The van der Waals surface area contributed by atoms with Gasteiger partial charge in [0.2, 0.25) is 0 Å². The number of rotatable bonds is 6. The Balaban J connectivity index is 2.15. The lowest BCUT2D eigenvalue weighted by molar-refractivity contribution is -0.0887. The molecular formula is C15H28N4O. The van der Waals surface area contributed by atoms with Crippen LogP contribution in [-0.4, -0.2) is 28.0 Å². The summed E-state index contributed by atoms with van der Waals surface area (Å²) in [5.41, 5.74) is 5.18. The highest BCUT2D eigenvalue weighted by atomic mass is 16.5. The lowest BCUT2D eigenvalue weighted by Gasteiger charge is -2.40. The van der Waals surface area contributed by atoms with Crippen molar-refractivity contribution >= 4 is 0 Å². The van der Waals surface area contributed by atoms with Gasteiger partial charge in [0.15, 0.2) is 0 Å². The molecule has 1 aliphatic heterocycles. The van der Waals surface area contributed by atoms with Crippen molar-refractivity contribution in [3.63, 3.8) is 0 Å². The Morgan fingerprint density at radius 3 is 2.85 bits per heavy atom. The van der Waals surface area contributed by atoms with Gasteiger partial charge in [-0.2, -0.15) is 5.10 Å². The summed E-state index contributed by atoms with van der Waals surface area (Å²) in [4.78, 5) is 0. The molecule has 2 heterocycles. The summed E-state index contributed by atoms with van der Waals surface area (Å²) in [6.07, 6.45) is 5.24. The summed E-state index contributed by atoms with van der Waals surface area (Å²) in [5, 5.41) is 4.61. The molecule has 0 aliphatic carbocycles. The van der Waals surface area contributed by atoms with Crippen LogP contribution in [0.4, 0.5) is 0 Å². The molecule has 5 heteroatoms. The van der Waals surface area contributed by atoms with Gasteiger partial charge in [-0.1, -0.05) is 6.92 Å². The Morgan fingerprint density at radius 1 is 1.50 bits per heavy atom. The summed E-state index contributed by atoms with van der Waals surface area (Å²) < 4.78 is 8.10. The first kappa shape index (κ1) is 15.5. The third-order valence-electron chi connectivity index (χ3n) is 4.43. The van der Waals surface area contributed by atoms with Gasteiger partial charge in [-0.3, -0.25) is 16.0 Å². The third-order valence-corrected chi connectivity index (χ3v) is 4.43. The normalized spacial score (nSPS) is 24.8. The van der Waals surface area contributed by atoms with Gasteiger partial charge < -0.3 is 4.74 Å². The van der Waals surface area contributed by atoms with Crippen molar-refractivity contribution in [3.05, 3.63) is 17.5 Å². The molecule has 5 nitrogen and oxygen atoms in total. The van der Waals surface area contributed by atoms with Crippen LogP contribution in [0.2, 0.25) is 0 Å². The lowest BCUT2D eigenvalue weighted by Crippen LogP contribution is -2.55. The lowest BCUT2D eigenvalue weighted by atomic mass is 9.86. The predicted molar refractivity (Wildman–Crippen MR) is 80.3 cm³/mol. The highest BCUT2D eigenvalue weighted by molar-refractivity contribution is 5.13. The summed E-state index contributed by atoms with van der Waals surface area (Å²) in [6, 6.07) is 2.31. The Kier molecular flexibility index (Phi) is 5.18. The molecule has 0 bridgehead atoms. The number of ether oxygens (including phenoxy) is 1. The SMILES string of the molecule is CCc1cc(CC(NN)C2(C)CCCCO2)n(CC)n1. The van der Waals surface area contributed by atoms with Crippen LogP contribution in [0.1, 0.15) is 51.4 Å². The van der Waals surface area contributed by atoms with E-state index in [4.69, 9.17) is 10.6 Å². The number of nitrogens with two attached hydrogens (primary N) is 1. The summed E-state index contributed by atoms with van der Waals surface area (Å²) in [5.74, 6) is 5.81. The monoisotopic (exact) mass is 280 g/mol. The number of hydrogen-bond donors (Lipinski definition) is 2. The zero-order valence-corrected chi connectivity index (χ0v) is 13.0. The van der Waals surface area contributed by atoms with Crippen molar-refractivity contribution < 1.29 is 4.74 Å². The van der Waals surface area contributed by atoms with Crippen LogP contribution >= 0.6 is 0 Å². The van der Waals surface area contributed by atoms with Crippen LogP contribution in [0, 0.1) is 0 Å². The third kappa shape index (κ3) is 3.22. The summed E-state index contributed by atoms with van der Waals surface area (Å²) >= 11 is 0. The van der Waals surface area contributed by atoms with Crippen LogP contribution in [0.3, 0.4) is 0 Å². The number of hydrazine groups is 1. The van der Waals surface area contributed by atoms with Gasteiger partial charge in [-0.15, -0.1) is 0 Å². The van der Waals surface area contributed by atoms with Crippen molar-refractivity contribution in [1.29, 1.82) is 0 Å². The Labute approximate surface area is 121 Å². The van der Waals surface area contributed by atoms with E-state index in [9.17, 15) is 0 Å². The van der Waals surface area contributed by atoms with Crippen LogP contribution in [0.5, 0.6) is 0 Å². The maximum absolute atomic E-state index is 6.03. The van der Waals surface area contributed by atoms with Gasteiger partial charge in [0.1, 0.15) is 0 Å². The molecule has 3 N–H and O–H groups in total. The van der Waals surface area contributed by atoms with E-state index in [2.05, 4.69) is 42.0 Å². The minimum atomic E-state index is -0.178. The molecular weight excluding hydrogens is 252 g/mol. The highest BCUT2D eigenvalue weighted by Crippen LogP contribution is 2.29. The van der Waals surface area contributed by atoms with Crippen LogP contribution in [0.15, 0.2) is 6.07 Å². The number of aromatic nitrogens is 2. The van der Waals surface area contributed by atoms with Gasteiger partial charge in [-0.25, -0.2) is 0 Å². The fourth-order valence-corrected chi connectivity index (χ4v) is 3.02. The van der Waals surface area contributed by atoms with E-state index in [1.165, 1.54) is 12.1 Å². The fourth-order valence-electron chi connectivity index (χ4n) is 3.02. The van der Waals surface area contributed by atoms with E-state index in [0.29, 0.717) is 0 Å². The number of hydrogen-bond acceptors (Lipinski definition) is 4. The van der Waals surface area contributed by atoms with Crippen molar-refractivity contribution in [2.24, 2.45) is 5.84 Å². The Bertz CT molecular complexity index is 424. The second-order valence-corrected chi connectivity index (χ2v) is 5.84. The molecule has 0 spiro atoms. The summed E-state index contributed by atoms with van der Waals surface area (Å²) in [7, 11) is 0. The smallest absolute Gasteiger partial charge is 0.0824 e. The van der Waals surface area contributed by atoms with Crippen LogP contribution < -0.4 is 11.3 Å². The van der Waals surface area contributed by atoms with Gasteiger partial charge >= 0.3 is 0 Å². The maximum atomic E-state index is 6.03. The van der Waals surface area contributed by atoms with Crippen molar-refractivity contribution in [1.82, 2.24) is 15.2 Å². The van der Waals surface area contributed by atoms with E-state index < -0.39 is 0 Å². The zero-order valence-electron chi connectivity index (χ0n) is 13.0. The molecule has 1 aliphatic rings. The first-order chi connectivity index (χ1) is 9.62. The van der Waals surface area contributed by atoms with Crippen LogP contribution in [-0.2, 0) is 24.1 Å². The first-order valence-corrected chi connectivity index (χ1v) is 7.78. The molecule has 0 radical (unpaired) electrons. The maximum Gasteiger partial charge on any atom is 0.0824 e. The molecule has 20 heavy (non-hydrogen) atoms. The average Bonchev–Trinajstić information content (AvgIpc) is 2.87. The van der Waals surface area contributed by atoms with Crippen molar-refractivity contribution in [2.45, 2.75) is 71.1 Å². The molecule has 0 saturated carbocycles. The minimum absolute atomic E-state index is 0.120. The molecule has 1 aromatic rings. The summed E-state index contributed by atoms with van der Waals surface area (Å²) in [6.45, 7) is 8.16. The van der Waals surface area contributed by atoms with E-state index in [1.807, 2.05) is 0 Å². The molecule has 0 aromatic carbocycles. The number of aryl methyl sites for hydroxylation is 2. The standard InChI is InChI=1S/C15H28N4O/c1-4-12-10-13(19(5-2)18-12)11-14(17-16)15(3)8-6-7-9-20-15/h10,14,17H,4-9,11,16H2,1-3H3. The average molecular weight is 280 g/mol. The van der Waals surface area contributed by atoms with Crippen molar-refractivity contribution in [3.8, 4) is 0 Å². The van der Waals surface area contributed by atoms with E-state index in [-0.39, 0.29) is 11.6 Å². The minimum Gasteiger partial charge on any atom is -0.374 e. The Hall–Kier alpha value is -0.910. The molecule has 2 atom stereocenters. The Morgan fingerprint density at radius 2 is 2.30 bits per heavy atom. The van der Waals surface area contributed by atoms with Gasteiger partial charge in [-0.05, 0) is 45.6 Å². The fraction of sp³-hybridized carbons (Fsp3) is 0.800. The van der Waals surface area contributed by atoms with E-state index in [1.54, 1.807) is 0 Å². The van der Waals surface area contributed by atoms with Crippen molar-refractivity contribution in [2.75, 3.05) is 6.61 Å².